The zero-order chi connectivity index (χ0) is 18.0. The van der Waals surface area contributed by atoms with Gasteiger partial charge in [-0.3, -0.25) is 4.79 Å². The number of nitrogens with zero attached hydrogens (tertiary/aromatic N) is 3. The standard InChI is InChI=1S/C19H16N4O2/c1-12-3-7-14(8-4-12)17-22-16(11-20)19(25-17)23(21)18(24)15-9-5-13(2)6-10-15/h3-10H,21H2,1-2H3. The molecule has 0 saturated heterocycles. The van der Waals surface area contributed by atoms with Crippen molar-refractivity contribution in [1.82, 2.24) is 4.98 Å². The van der Waals surface area contributed by atoms with Crippen molar-refractivity contribution in [2.75, 3.05) is 5.01 Å². The van der Waals surface area contributed by atoms with E-state index in [9.17, 15) is 10.1 Å². The molecule has 6 heteroatoms. The lowest BCUT2D eigenvalue weighted by Gasteiger charge is -2.13. The zero-order valence-corrected chi connectivity index (χ0v) is 13.9. The maximum atomic E-state index is 12.5. The molecule has 124 valence electrons. The van der Waals surface area contributed by atoms with E-state index in [0.29, 0.717) is 11.1 Å². The average molecular weight is 332 g/mol. The first-order valence-electron chi connectivity index (χ1n) is 7.63. The SMILES string of the molecule is Cc1ccc(C(=O)N(N)c2oc(-c3ccc(C)cc3)nc2C#N)cc1. The second-order valence-electron chi connectivity index (χ2n) is 5.69. The van der Waals surface area contributed by atoms with Crippen LogP contribution >= 0.6 is 0 Å². The number of nitrogens with two attached hydrogens (primary N) is 1. The molecule has 6 nitrogen and oxygen atoms in total. The number of benzene rings is 2. The van der Waals surface area contributed by atoms with E-state index in [0.717, 1.165) is 16.1 Å². The number of hydrazine groups is 1. The summed E-state index contributed by atoms with van der Waals surface area (Å²) in [5.74, 6) is 5.57. The molecule has 0 fully saturated rings. The topological polar surface area (TPSA) is 96.2 Å². The molecule has 25 heavy (non-hydrogen) atoms. The maximum absolute atomic E-state index is 12.5. The average Bonchev–Trinajstić information content (AvgIpc) is 3.06. The molecular formula is C19H16N4O2. The number of hydrogen-bond acceptors (Lipinski definition) is 5. The Bertz CT molecular complexity index is 951. The molecule has 0 atom stereocenters. The van der Waals surface area contributed by atoms with Gasteiger partial charge in [0.2, 0.25) is 11.6 Å². The van der Waals surface area contributed by atoms with Crippen LogP contribution in [0.5, 0.6) is 0 Å². The summed E-state index contributed by atoms with van der Waals surface area (Å²) in [6.07, 6.45) is 0. The van der Waals surface area contributed by atoms with Crippen molar-refractivity contribution in [2.45, 2.75) is 13.8 Å². The Morgan fingerprint density at radius 2 is 1.64 bits per heavy atom. The number of rotatable bonds is 3. The van der Waals surface area contributed by atoms with Crippen LogP contribution in [0.4, 0.5) is 5.88 Å². The van der Waals surface area contributed by atoms with Crippen LogP contribution in [0.1, 0.15) is 27.2 Å². The molecule has 0 aliphatic rings. The maximum Gasteiger partial charge on any atom is 0.275 e. The second kappa shape index (κ2) is 6.59. The van der Waals surface area contributed by atoms with E-state index in [2.05, 4.69) is 4.98 Å². The minimum Gasteiger partial charge on any atom is -0.417 e. The minimum absolute atomic E-state index is 0.0430. The van der Waals surface area contributed by atoms with E-state index in [1.165, 1.54) is 0 Å². The lowest BCUT2D eigenvalue weighted by atomic mass is 10.1. The van der Waals surface area contributed by atoms with Gasteiger partial charge < -0.3 is 4.42 Å². The van der Waals surface area contributed by atoms with Crippen LogP contribution in [0.2, 0.25) is 0 Å². The molecule has 1 amide bonds. The van der Waals surface area contributed by atoms with Crippen LogP contribution in [-0.4, -0.2) is 10.9 Å². The molecule has 2 aromatic carbocycles. The van der Waals surface area contributed by atoms with E-state index in [-0.39, 0.29) is 17.5 Å². The van der Waals surface area contributed by atoms with Crippen LogP contribution in [0.25, 0.3) is 11.5 Å². The highest BCUT2D eigenvalue weighted by molar-refractivity contribution is 6.05. The van der Waals surface area contributed by atoms with Gasteiger partial charge in [-0.2, -0.15) is 10.2 Å². The summed E-state index contributed by atoms with van der Waals surface area (Å²) in [7, 11) is 0. The number of nitriles is 1. The van der Waals surface area contributed by atoms with Crippen LogP contribution in [-0.2, 0) is 0 Å². The smallest absolute Gasteiger partial charge is 0.275 e. The summed E-state index contributed by atoms with van der Waals surface area (Å²) in [6.45, 7) is 3.89. The first kappa shape index (κ1) is 16.4. The molecule has 0 spiro atoms. The fraction of sp³-hybridized carbons (Fsp3) is 0.105. The molecule has 0 unspecified atom stereocenters. The number of aromatic nitrogens is 1. The minimum atomic E-state index is -0.483. The zero-order valence-electron chi connectivity index (χ0n) is 13.9. The van der Waals surface area contributed by atoms with E-state index in [4.69, 9.17) is 10.3 Å². The molecule has 1 aromatic heterocycles. The number of amides is 1. The van der Waals surface area contributed by atoms with Gasteiger partial charge in [-0.15, -0.1) is 0 Å². The van der Waals surface area contributed by atoms with Gasteiger partial charge in [0.15, 0.2) is 0 Å². The highest BCUT2D eigenvalue weighted by Gasteiger charge is 2.24. The molecule has 3 aromatic rings. The Labute approximate surface area is 145 Å². The number of oxazole rings is 1. The summed E-state index contributed by atoms with van der Waals surface area (Å²) < 4.78 is 5.61. The fourth-order valence-electron chi connectivity index (χ4n) is 2.30. The Morgan fingerprint density at radius 1 is 1.08 bits per heavy atom. The van der Waals surface area contributed by atoms with Crippen molar-refractivity contribution >= 4 is 11.8 Å². The molecule has 2 N–H and O–H groups in total. The van der Waals surface area contributed by atoms with Crippen molar-refractivity contribution in [3.63, 3.8) is 0 Å². The predicted molar refractivity (Wildman–Crippen MR) is 93.6 cm³/mol. The molecule has 0 aliphatic heterocycles. The van der Waals surface area contributed by atoms with Gasteiger partial charge in [0.05, 0.1) is 0 Å². The van der Waals surface area contributed by atoms with E-state index in [1.54, 1.807) is 12.1 Å². The fourth-order valence-corrected chi connectivity index (χ4v) is 2.30. The number of hydrogen-bond donors (Lipinski definition) is 1. The Morgan fingerprint density at radius 3 is 2.20 bits per heavy atom. The van der Waals surface area contributed by atoms with E-state index < -0.39 is 5.91 Å². The third-order valence-electron chi connectivity index (χ3n) is 3.75. The van der Waals surface area contributed by atoms with Crippen LogP contribution in [0.15, 0.2) is 52.9 Å². The molecular weight excluding hydrogens is 316 g/mol. The molecule has 0 saturated carbocycles. The quantitative estimate of drug-likeness (QED) is 0.451. The molecule has 3 rings (SSSR count). The first-order chi connectivity index (χ1) is 12.0. The largest absolute Gasteiger partial charge is 0.417 e. The van der Waals surface area contributed by atoms with Gasteiger partial charge in [-0.05, 0) is 38.1 Å². The predicted octanol–water partition coefficient (Wildman–Crippen LogP) is 3.35. The summed E-state index contributed by atoms with van der Waals surface area (Å²) in [4.78, 5) is 16.7. The highest BCUT2D eigenvalue weighted by atomic mass is 16.4. The third kappa shape index (κ3) is 3.27. The summed E-state index contributed by atoms with van der Waals surface area (Å²) >= 11 is 0. The second-order valence-corrected chi connectivity index (χ2v) is 5.69. The van der Waals surface area contributed by atoms with Gasteiger partial charge in [-0.1, -0.05) is 35.4 Å². The van der Waals surface area contributed by atoms with Gasteiger partial charge in [0.25, 0.3) is 11.8 Å². The lowest BCUT2D eigenvalue weighted by molar-refractivity contribution is 0.0982. The monoisotopic (exact) mass is 332 g/mol. The number of anilines is 1. The van der Waals surface area contributed by atoms with Gasteiger partial charge in [0.1, 0.15) is 6.07 Å². The van der Waals surface area contributed by atoms with E-state index >= 15 is 0 Å². The van der Waals surface area contributed by atoms with Crippen LogP contribution in [0.3, 0.4) is 0 Å². The first-order valence-corrected chi connectivity index (χ1v) is 7.63. The van der Waals surface area contributed by atoms with E-state index in [1.807, 2.05) is 56.3 Å². The van der Waals surface area contributed by atoms with Gasteiger partial charge >= 0.3 is 0 Å². The molecule has 0 radical (unpaired) electrons. The highest BCUT2D eigenvalue weighted by Crippen LogP contribution is 2.27. The number of carbonyl (C=O) groups is 1. The Hall–Kier alpha value is -3.43. The normalized spacial score (nSPS) is 10.3. The summed E-state index contributed by atoms with van der Waals surface area (Å²) in [5, 5.41) is 10.1. The Balaban J connectivity index is 1.96. The van der Waals surface area contributed by atoms with Crippen molar-refractivity contribution < 1.29 is 9.21 Å². The van der Waals surface area contributed by atoms with Gasteiger partial charge in [-0.25, -0.2) is 10.9 Å². The van der Waals surface area contributed by atoms with Gasteiger partial charge in [0, 0.05) is 11.1 Å². The number of aryl methyl sites for hydroxylation is 2. The van der Waals surface area contributed by atoms with Crippen molar-refractivity contribution in [3.8, 4) is 17.5 Å². The molecule has 1 heterocycles. The lowest BCUT2D eigenvalue weighted by Crippen LogP contribution is -2.37. The third-order valence-corrected chi connectivity index (χ3v) is 3.75. The van der Waals surface area contributed by atoms with Crippen molar-refractivity contribution in [2.24, 2.45) is 5.84 Å². The molecule has 0 bridgehead atoms. The van der Waals surface area contributed by atoms with Crippen LogP contribution in [0, 0.1) is 25.2 Å². The molecule has 0 aliphatic carbocycles. The van der Waals surface area contributed by atoms with Crippen molar-refractivity contribution in [3.05, 3.63) is 70.9 Å². The van der Waals surface area contributed by atoms with Crippen LogP contribution < -0.4 is 10.9 Å². The number of carbonyl (C=O) groups excluding carboxylic acids is 1. The summed E-state index contributed by atoms with van der Waals surface area (Å²) in [6, 6.07) is 16.3. The van der Waals surface area contributed by atoms with Crippen molar-refractivity contribution in [1.29, 1.82) is 5.26 Å². The summed E-state index contributed by atoms with van der Waals surface area (Å²) in [5.41, 5.74) is 3.17. The Kier molecular flexibility index (Phi) is 4.33.